The normalized spacial score (nSPS) is 13.6. The highest BCUT2D eigenvalue weighted by molar-refractivity contribution is 5.95. The summed E-state index contributed by atoms with van der Waals surface area (Å²) in [6.45, 7) is 8.49. The molecular formula is C34H45FN6O5. The molecule has 2 heterocycles. The molecule has 2 aromatic carbocycles. The number of aromatic amines is 1. The Kier molecular flexibility index (Phi) is 12.2. The van der Waals surface area contributed by atoms with Gasteiger partial charge >= 0.3 is 6.09 Å². The van der Waals surface area contributed by atoms with Gasteiger partial charge in [-0.1, -0.05) is 43.5 Å². The molecule has 1 fully saturated rings. The number of hydrogen-bond donors (Lipinski definition) is 3. The number of fused-ring (bicyclic) bond motifs is 1. The number of halogens is 1. The number of carbonyl (C=O) groups excluding carboxylic acids is 3. The summed E-state index contributed by atoms with van der Waals surface area (Å²) in [5, 5.41) is 13.9. The summed E-state index contributed by atoms with van der Waals surface area (Å²) in [5.74, 6) is -1.04. The van der Waals surface area contributed by atoms with Crippen LogP contribution in [0, 0.1) is 5.82 Å². The van der Waals surface area contributed by atoms with Gasteiger partial charge in [0.25, 0.3) is 11.5 Å². The van der Waals surface area contributed by atoms with Crippen molar-refractivity contribution < 1.29 is 23.5 Å². The fourth-order valence-electron chi connectivity index (χ4n) is 5.39. The largest absolute Gasteiger partial charge is 0.444 e. The zero-order valence-electron chi connectivity index (χ0n) is 27.0. The van der Waals surface area contributed by atoms with Crippen molar-refractivity contribution in [1.29, 1.82) is 0 Å². The van der Waals surface area contributed by atoms with Gasteiger partial charge in [-0.2, -0.15) is 5.10 Å². The first-order valence-electron chi connectivity index (χ1n) is 16.0. The van der Waals surface area contributed by atoms with E-state index in [2.05, 4.69) is 20.8 Å². The number of piperazine rings is 1. The molecule has 1 aliphatic rings. The maximum absolute atomic E-state index is 14.8. The van der Waals surface area contributed by atoms with E-state index in [1.165, 1.54) is 6.07 Å². The molecule has 248 valence electrons. The van der Waals surface area contributed by atoms with Crippen LogP contribution >= 0.6 is 0 Å². The minimum absolute atomic E-state index is 0.0193. The quantitative estimate of drug-likeness (QED) is 0.241. The van der Waals surface area contributed by atoms with E-state index in [0.717, 1.165) is 38.6 Å². The monoisotopic (exact) mass is 636 g/mol. The molecule has 4 rings (SSSR count). The zero-order valence-corrected chi connectivity index (χ0v) is 27.0. The van der Waals surface area contributed by atoms with Crippen molar-refractivity contribution in [3.05, 3.63) is 75.5 Å². The minimum Gasteiger partial charge on any atom is -0.444 e. The molecule has 0 radical (unpaired) electrons. The first-order chi connectivity index (χ1) is 22.0. The highest BCUT2D eigenvalue weighted by Crippen LogP contribution is 2.20. The Morgan fingerprint density at radius 3 is 2.28 bits per heavy atom. The number of nitrogens with zero attached hydrogens (tertiary/aromatic N) is 3. The average Bonchev–Trinajstić information content (AvgIpc) is 3.03. The number of aromatic nitrogens is 2. The minimum atomic E-state index is -0.604. The molecule has 3 amide bonds. The topological polar surface area (TPSA) is 137 Å². The van der Waals surface area contributed by atoms with Crippen LogP contribution in [-0.2, 0) is 16.0 Å². The number of hydrogen-bond acceptors (Lipinski definition) is 7. The van der Waals surface area contributed by atoms with E-state index in [-0.39, 0.29) is 29.7 Å². The molecule has 0 atom stereocenters. The van der Waals surface area contributed by atoms with Gasteiger partial charge in [0.15, 0.2) is 0 Å². The second-order valence-corrected chi connectivity index (χ2v) is 12.6. The first-order valence-corrected chi connectivity index (χ1v) is 16.0. The van der Waals surface area contributed by atoms with Crippen LogP contribution in [0.1, 0.15) is 74.5 Å². The number of ether oxygens (including phenoxy) is 1. The third-order valence-corrected chi connectivity index (χ3v) is 7.80. The van der Waals surface area contributed by atoms with Crippen molar-refractivity contribution in [1.82, 2.24) is 30.6 Å². The molecule has 11 nitrogen and oxygen atoms in total. The lowest BCUT2D eigenvalue weighted by atomic mass is 10.0. The van der Waals surface area contributed by atoms with Gasteiger partial charge in [0.05, 0.1) is 23.2 Å². The zero-order chi connectivity index (χ0) is 33.1. The molecule has 0 saturated carbocycles. The number of carbonyl (C=O) groups is 3. The predicted octanol–water partition coefficient (Wildman–Crippen LogP) is 4.00. The van der Waals surface area contributed by atoms with Crippen molar-refractivity contribution in [3.8, 4) is 0 Å². The summed E-state index contributed by atoms with van der Waals surface area (Å²) < 4.78 is 20.0. The fraction of sp³-hybridized carbons (Fsp3) is 0.500. The van der Waals surface area contributed by atoms with Crippen molar-refractivity contribution in [2.75, 3.05) is 45.8 Å². The van der Waals surface area contributed by atoms with Crippen molar-refractivity contribution in [3.63, 3.8) is 0 Å². The van der Waals surface area contributed by atoms with E-state index in [4.69, 9.17) is 4.74 Å². The number of rotatable bonds is 13. The molecule has 12 heteroatoms. The number of alkyl carbamates (subject to hydrolysis) is 1. The highest BCUT2D eigenvalue weighted by Gasteiger charge is 2.26. The lowest BCUT2D eigenvalue weighted by Gasteiger charge is -2.35. The van der Waals surface area contributed by atoms with Gasteiger partial charge in [0, 0.05) is 44.5 Å². The second-order valence-electron chi connectivity index (χ2n) is 12.6. The van der Waals surface area contributed by atoms with Crippen molar-refractivity contribution in [2.45, 2.75) is 64.9 Å². The Balaban J connectivity index is 1.14. The predicted molar refractivity (Wildman–Crippen MR) is 174 cm³/mol. The van der Waals surface area contributed by atoms with E-state index in [1.807, 2.05) is 32.9 Å². The molecule has 1 saturated heterocycles. The van der Waals surface area contributed by atoms with Crippen LogP contribution in [0.3, 0.4) is 0 Å². The van der Waals surface area contributed by atoms with E-state index in [1.54, 1.807) is 34.1 Å². The summed E-state index contributed by atoms with van der Waals surface area (Å²) in [7, 11) is 0. The molecule has 0 bridgehead atoms. The van der Waals surface area contributed by atoms with Crippen LogP contribution in [-0.4, -0.2) is 89.3 Å². The Morgan fingerprint density at radius 2 is 1.57 bits per heavy atom. The number of nitrogens with one attached hydrogen (secondary N) is 3. The number of amides is 3. The lowest BCUT2D eigenvalue weighted by Crippen LogP contribution is -2.52. The molecule has 3 N–H and O–H groups in total. The standard InChI is InChI=1S/C34H45FN6O5/c1-34(2,3)46-33(45)37-16-10-6-4-5-9-15-36-23-30(42)40-17-19-41(20-18-40)32(44)27-21-24(13-14-28(27)35)22-29-25-11-7-8-12-26(25)31(43)39-38-29/h7-8,11-14,21,36H,4-6,9-10,15-20,22-23H2,1-3H3,(H,37,45)(H,39,43). The summed E-state index contributed by atoms with van der Waals surface area (Å²) in [6, 6.07) is 11.6. The van der Waals surface area contributed by atoms with Gasteiger partial charge in [0.2, 0.25) is 5.91 Å². The van der Waals surface area contributed by atoms with Gasteiger partial charge in [-0.15, -0.1) is 0 Å². The van der Waals surface area contributed by atoms with Gasteiger partial charge in [-0.05, 0) is 63.9 Å². The van der Waals surface area contributed by atoms with E-state index in [9.17, 15) is 23.6 Å². The van der Waals surface area contributed by atoms with Crippen LogP contribution < -0.4 is 16.2 Å². The number of H-pyrrole nitrogens is 1. The summed E-state index contributed by atoms with van der Waals surface area (Å²) >= 11 is 0. The van der Waals surface area contributed by atoms with Crippen LogP contribution in [0.15, 0.2) is 47.3 Å². The summed E-state index contributed by atoms with van der Waals surface area (Å²) in [5.41, 5.74) is 0.532. The molecule has 0 unspecified atom stereocenters. The fourth-order valence-corrected chi connectivity index (χ4v) is 5.39. The SMILES string of the molecule is CC(C)(C)OC(=O)NCCCCCCCNCC(=O)N1CCN(C(=O)c2cc(Cc3n[nH]c(=O)c4ccccc34)ccc2F)CC1. The van der Waals surface area contributed by atoms with E-state index in [0.29, 0.717) is 61.2 Å². The third-order valence-electron chi connectivity index (χ3n) is 7.80. The maximum atomic E-state index is 14.8. The summed E-state index contributed by atoms with van der Waals surface area (Å²) in [6.07, 6.45) is 4.87. The molecule has 0 aliphatic carbocycles. The van der Waals surface area contributed by atoms with Crippen molar-refractivity contribution >= 4 is 28.7 Å². The Hall–Kier alpha value is -4.32. The number of benzene rings is 2. The van der Waals surface area contributed by atoms with Gasteiger partial charge in [-0.3, -0.25) is 14.4 Å². The van der Waals surface area contributed by atoms with Gasteiger partial charge < -0.3 is 25.2 Å². The maximum Gasteiger partial charge on any atom is 0.407 e. The lowest BCUT2D eigenvalue weighted by molar-refractivity contribution is -0.131. The third kappa shape index (κ3) is 10.1. The van der Waals surface area contributed by atoms with Crippen LogP contribution in [0.4, 0.5) is 9.18 Å². The van der Waals surface area contributed by atoms with Crippen LogP contribution in [0.25, 0.3) is 10.8 Å². The Bertz CT molecular complexity index is 1560. The molecule has 0 spiro atoms. The molecule has 3 aromatic rings. The Labute approximate surface area is 268 Å². The molecule has 1 aliphatic heterocycles. The van der Waals surface area contributed by atoms with Crippen molar-refractivity contribution in [2.24, 2.45) is 0 Å². The molecular weight excluding hydrogens is 591 g/mol. The Morgan fingerprint density at radius 1 is 0.913 bits per heavy atom. The second kappa shape index (κ2) is 16.3. The van der Waals surface area contributed by atoms with Crippen LogP contribution in [0.5, 0.6) is 0 Å². The first kappa shape index (κ1) is 34.6. The average molecular weight is 637 g/mol. The summed E-state index contributed by atoms with van der Waals surface area (Å²) in [4.78, 5) is 53.1. The van der Waals surface area contributed by atoms with E-state index < -0.39 is 17.3 Å². The highest BCUT2D eigenvalue weighted by atomic mass is 19.1. The smallest absolute Gasteiger partial charge is 0.407 e. The van der Waals surface area contributed by atoms with E-state index >= 15 is 0 Å². The molecule has 46 heavy (non-hydrogen) atoms. The number of unbranched alkanes of at least 4 members (excludes halogenated alkanes) is 4. The van der Waals surface area contributed by atoms with Gasteiger partial charge in [0.1, 0.15) is 11.4 Å². The van der Waals surface area contributed by atoms with Crippen LogP contribution in [0.2, 0.25) is 0 Å². The van der Waals surface area contributed by atoms with Gasteiger partial charge in [-0.25, -0.2) is 14.3 Å². The molecule has 1 aromatic heterocycles.